The van der Waals surface area contributed by atoms with Crippen molar-refractivity contribution in [3.8, 4) is 0 Å². The number of aryl methyl sites for hydroxylation is 2. The Bertz CT molecular complexity index is 994. The van der Waals surface area contributed by atoms with Gasteiger partial charge in [-0.15, -0.1) is 0 Å². The van der Waals surface area contributed by atoms with Crippen LogP contribution in [0.4, 0.5) is 5.69 Å². The van der Waals surface area contributed by atoms with Gasteiger partial charge in [0.25, 0.3) is 5.91 Å². The Morgan fingerprint density at radius 1 is 1.15 bits per heavy atom. The Balaban J connectivity index is 1.70. The molecule has 134 valence electrons. The van der Waals surface area contributed by atoms with E-state index in [4.69, 9.17) is 16.3 Å². The second-order valence-corrected chi connectivity index (χ2v) is 6.62. The minimum Gasteiger partial charge on any atom is -0.449 e. The zero-order chi connectivity index (χ0) is 18.8. The number of nitrogens with one attached hydrogen (secondary N) is 2. The standard InChI is InChI=1S/C20H19ClN2O3/c1-11-12(2)22-18-8-7-14(9-17(11)18)20(25)26-13(3)19(24)23-16-6-4-5-15(21)10-16/h4-10,13,22H,1-3H3,(H,23,24)/t13-/m1/s1. The van der Waals surface area contributed by atoms with Crippen molar-refractivity contribution in [3.05, 3.63) is 64.3 Å². The van der Waals surface area contributed by atoms with Gasteiger partial charge in [-0.1, -0.05) is 17.7 Å². The van der Waals surface area contributed by atoms with Crippen molar-refractivity contribution < 1.29 is 14.3 Å². The summed E-state index contributed by atoms with van der Waals surface area (Å²) in [4.78, 5) is 27.9. The molecule has 5 nitrogen and oxygen atoms in total. The average Bonchev–Trinajstić information content (AvgIpc) is 2.88. The smallest absolute Gasteiger partial charge is 0.338 e. The molecule has 0 aliphatic carbocycles. The second-order valence-electron chi connectivity index (χ2n) is 6.18. The number of anilines is 1. The lowest BCUT2D eigenvalue weighted by atomic mass is 10.1. The van der Waals surface area contributed by atoms with Gasteiger partial charge in [0.15, 0.2) is 6.10 Å². The minimum absolute atomic E-state index is 0.405. The van der Waals surface area contributed by atoms with Crippen molar-refractivity contribution in [2.75, 3.05) is 5.32 Å². The molecule has 0 saturated heterocycles. The van der Waals surface area contributed by atoms with Crippen LogP contribution >= 0.6 is 11.6 Å². The van der Waals surface area contributed by atoms with Crippen molar-refractivity contribution in [2.24, 2.45) is 0 Å². The molecule has 0 spiro atoms. The topological polar surface area (TPSA) is 71.2 Å². The number of fused-ring (bicyclic) bond motifs is 1. The van der Waals surface area contributed by atoms with Crippen LogP contribution in [0.1, 0.15) is 28.5 Å². The fourth-order valence-electron chi connectivity index (χ4n) is 2.68. The predicted octanol–water partition coefficient (Wildman–Crippen LogP) is 4.62. The molecule has 0 fully saturated rings. The summed E-state index contributed by atoms with van der Waals surface area (Å²) in [5.74, 6) is -0.964. The molecule has 1 atom stereocenters. The molecule has 0 aliphatic rings. The number of carbonyl (C=O) groups excluding carboxylic acids is 2. The van der Waals surface area contributed by atoms with Crippen LogP contribution in [0.3, 0.4) is 0 Å². The summed E-state index contributed by atoms with van der Waals surface area (Å²) in [6.45, 7) is 5.50. The first-order valence-corrected chi connectivity index (χ1v) is 8.59. The van der Waals surface area contributed by atoms with Crippen molar-refractivity contribution >= 4 is 40.1 Å². The molecule has 0 radical (unpaired) electrons. The van der Waals surface area contributed by atoms with Gasteiger partial charge >= 0.3 is 5.97 Å². The lowest BCUT2D eigenvalue weighted by Gasteiger charge is -2.14. The summed E-state index contributed by atoms with van der Waals surface area (Å²) >= 11 is 5.90. The Hall–Kier alpha value is -2.79. The van der Waals surface area contributed by atoms with Crippen LogP contribution in [0.5, 0.6) is 0 Å². The summed E-state index contributed by atoms with van der Waals surface area (Å²) in [5.41, 5.74) is 4.05. The normalized spacial score (nSPS) is 12.0. The number of H-pyrrole nitrogens is 1. The molecule has 0 aliphatic heterocycles. The number of esters is 1. The molecule has 2 N–H and O–H groups in total. The number of ether oxygens (including phenoxy) is 1. The zero-order valence-corrected chi connectivity index (χ0v) is 15.5. The van der Waals surface area contributed by atoms with Gasteiger partial charge in [0, 0.05) is 27.3 Å². The first kappa shape index (κ1) is 18.0. The molecule has 3 rings (SSSR count). The fourth-order valence-corrected chi connectivity index (χ4v) is 2.87. The number of amides is 1. The predicted molar refractivity (Wildman–Crippen MR) is 103 cm³/mol. The number of aromatic nitrogens is 1. The third-order valence-corrected chi connectivity index (χ3v) is 4.52. The van der Waals surface area contributed by atoms with E-state index in [0.29, 0.717) is 16.3 Å². The molecule has 26 heavy (non-hydrogen) atoms. The second kappa shape index (κ2) is 7.22. The molecule has 0 saturated carbocycles. The van der Waals surface area contributed by atoms with Gasteiger partial charge in [0.1, 0.15) is 0 Å². The highest BCUT2D eigenvalue weighted by molar-refractivity contribution is 6.30. The Morgan fingerprint density at radius 3 is 2.65 bits per heavy atom. The summed E-state index contributed by atoms with van der Waals surface area (Å²) in [6.07, 6.45) is -0.939. The van der Waals surface area contributed by atoms with Gasteiger partial charge in [0.2, 0.25) is 0 Å². The SMILES string of the molecule is Cc1[nH]c2ccc(C(=O)O[C@H](C)C(=O)Nc3cccc(Cl)c3)cc2c1C. The maximum Gasteiger partial charge on any atom is 0.338 e. The number of hydrogen-bond acceptors (Lipinski definition) is 3. The molecule has 3 aromatic rings. The third-order valence-electron chi connectivity index (χ3n) is 4.29. The third kappa shape index (κ3) is 3.73. The van der Waals surface area contributed by atoms with Gasteiger partial charge in [-0.2, -0.15) is 0 Å². The maximum atomic E-state index is 12.4. The van der Waals surface area contributed by atoms with Crippen LogP contribution in [-0.4, -0.2) is 23.0 Å². The highest BCUT2D eigenvalue weighted by Gasteiger charge is 2.20. The summed E-state index contributed by atoms with van der Waals surface area (Å²) in [6, 6.07) is 12.1. The van der Waals surface area contributed by atoms with Gasteiger partial charge in [-0.3, -0.25) is 4.79 Å². The zero-order valence-electron chi connectivity index (χ0n) is 14.7. The Kier molecular flexibility index (Phi) is 5.00. The average molecular weight is 371 g/mol. The van der Waals surface area contributed by atoms with Crippen molar-refractivity contribution in [3.63, 3.8) is 0 Å². The van der Waals surface area contributed by atoms with E-state index in [1.54, 1.807) is 36.4 Å². The number of benzene rings is 2. The van der Waals surface area contributed by atoms with Crippen molar-refractivity contribution in [2.45, 2.75) is 26.9 Å². The molecule has 0 unspecified atom stereocenters. The van der Waals surface area contributed by atoms with E-state index in [9.17, 15) is 9.59 Å². The molecule has 6 heteroatoms. The van der Waals surface area contributed by atoms with E-state index in [-0.39, 0.29) is 0 Å². The van der Waals surface area contributed by atoms with E-state index in [1.165, 1.54) is 6.92 Å². The molecule has 0 bridgehead atoms. The largest absolute Gasteiger partial charge is 0.449 e. The van der Waals surface area contributed by atoms with Crippen LogP contribution in [0.15, 0.2) is 42.5 Å². The fraction of sp³-hybridized carbons (Fsp3) is 0.200. The summed E-state index contributed by atoms with van der Waals surface area (Å²) < 4.78 is 5.30. The Morgan fingerprint density at radius 2 is 1.92 bits per heavy atom. The number of aromatic amines is 1. The van der Waals surface area contributed by atoms with Crippen molar-refractivity contribution in [1.82, 2.24) is 4.98 Å². The lowest BCUT2D eigenvalue weighted by Crippen LogP contribution is -2.30. The van der Waals surface area contributed by atoms with Gasteiger partial charge in [0.05, 0.1) is 5.56 Å². The first-order valence-electron chi connectivity index (χ1n) is 8.21. The number of carbonyl (C=O) groups is 2. The van der Waals surface area contributed by atoms with Crippen LogP contribution in [0.2, 0.25) is 5.02 Å². The molecule has 1 amide bonds. The van der Waals surface area contributed by atoms with E-state index in [2.05, 4.69) is 10.3 Å². The number of halogens is 1. The van der Waals surface area contributed by atoms with E-state index in [0.717, 1.165) is 22.2 Å². The lowest BCUT2D eigenvalue weighted by molar-refractivity contribution is -0.123. The van der Waals surface area contributed by atoms with Gasteiger partial charge in [-0.25, -0.2) is 4.79 Å². The maximum absolute atomic E-state index is 12.4. The molecular weight excluding hydrogens is 352 g/mol. The van der Waals surface area contributed by atoms with Crippen LogP contribution in [0, 0.1) is 13.8 Å². The van der Waals surface area contributed by atoms with Crippen LogP contribution < -0.4 is 5.32 Å². The Labute approximate surface area is 156 Å². The highest BCUT2D eigenvalue weighted by Crippen LogP contribution is 2.23. The first-order chi connectivity index (χ1) is 12.3. The molecule has 1 heterocycles. The van der Waals surface area contributed by atoms with E-state index in [1.807, 2.05) is 19.9 Å². The van der Waals surface area contributed by atoms with Crippen LogP contribution in [0.25, 0.3) is 10.9 Å². The molecular formula is C20H19ClN2O3. The molecule has 1 aromatic heterocycles. The van der Waals surface area contributed by atoms with Crippen molar-refractivity contribution in [1.29, 1.82) is 0 Å². The minimum atomic E-state index is -0.939. The highest BCUT2D eigenvalue weighted by atomic mass is 35.5. The summed E-state index contributed by atoms with van der Waals surface area (Å²) in [7, 11) is 0. The van der Waals surface area contributed by atoms with E-state index < -0.39 is 18.0 Å². The summed E-state index contributed by atoms with van der Waals surface area (Å²) in [5, 5.41) is 4.15. The van der Waals surface area contributed by atoms with Crippen LogP contribution in [-0.2, 0) is 9.53 Å². The van der Waals surface area contributed by atoms with E-state index >= 15 is 0 Å². The quantitative estimate of drug-likeness (QED) is 0.658. The number of rotatable bonds is 4. The number of hydrogen-bond donors (Lipinski definition) is 2. The van der Waals surface area contributed by atoms with Gasteiger partial charge < -0.3 is 15.0 Å². The van der Waals surface area contributed by atoms with Gasteiger partial charge in [-0.05, 0) is 62.7 Å². The monoisotopic (exact) mass is 370 g/mol. The molecule has 2 aromatic carbocycles.